The molecule has 0 aliphatic rings. The number of hydrogen-bond acceptors (Lipinski definition) is 4. The Balaban J connectivity index is 2.61. The number of benzene rings is 1. The van der Waals surface area contributed by atoms with Crippen LogP contribution in [0.15, 0.2) is 18.2 Å². The van der Waals surface area contributed by atoms with Crippen LogP contribution in [-0.2, 0) is 11.3 Å². The highest BCUT2D eigenvalue weighted by Crippen LogP contribution is 2.20. The summed E-state index contributed by atoms with van der Waals surface area (Å²) in [6.45, 7) is 4.97. The van der Waals surface area contributed by atoms with Crippen LogP contribution >= 0.6 is 0 Å². The number of rotatable bonds is 6. The second-order valence-corrected chi connectivity index (χ2v) is 4.65. The Morgan fingerprint density at radius 3 is 2.72 bits per heavy atom. The van der Waals surface area contributed by atoms with Crippen molar-refractivity contribution in [1.29, 1.82) is 5.26 Å². The van der Waals surface area contributed by atoms with E-state index in [1.807, 2.05) is 26.0 Å². The van der Waals surface area contributed by atoms with Crippen LogP contribution in [0.3, 0.4) is 0 Å². The maximum Gasteiger partial charge on any atom is 0.136 e. The Morgan fingerprint density at radius 1 is 1.44 bits per heavy atom. The maximum absolute atomic E-state index is 8.88. The topological polar surface area (TPSA) is 68.3 Å². The largest absolute Gasteiger partial charge is 0.495 e. The van der Waals surface area contributed by atoms with Gasteiger partial charge in [0, 0.05) is 5.54 Å². The van der Waals surface area contributed by atoms with Crippen molar-refractivity contribution >= 4 is 0 Å². The number of methoxy groups -OCH3 is 1. The monoisotopic (exact) mass is 248 g/mol. The summed E-state index contributed by atoms with van der Waals surface area (Å²) in [4.78, 5) is 0. The molecule has 0 heterocycles. The van der Waals surface area contributed by atoms with Gasteiger partial charge in [0.25, 0.3) is 0 Å². The van der Waals surface area contributed by atoms with Crippen LogP contribution in [-0.4, -0.2) is 19.3 Å². The predicted octanol–water partition coefficient (Wildman–Crippen LogP) is 2.21. The summed E-state index contributed by atoms with van der Waals surface area (Å²) in [5.41, 5.74) is 7.19. The average Bonchev–Trinajstić information content (AvgIpc) is 2.38. The van der Waals surface area contributed by atoms with Crippen molar-refractivity contribution in [3.8, 4) is 11.8 Å². The molecule has 1 atom stereocenters. The summed E-state index contributed by atoms with van der Waals surface area (Å²) < 4.78 is 10.7. The SMILES string of the molecule is CCC(C)(N)COCc1ccc(C#N)c(OC)c1. The van der Waals surface area contributed by atoms with Gasteiger partial charge in [0.1, 0.15) is 11.8 Å². The van der Waals surface area contributed by atoms with Crippen LogP contribution < -0.4 is 10.5 Å². The molecular weight excluding hydrogens is 228 g/mol. The highest BCUT2D eigenvalue weighted by atomic mass is 16.5. The van der Waals surface area contributed by atoms with E-state index in [0.717, 1.165) is 12.0 Å². The van der Waals surface area contributed by atoms with Gasteiger partial charge in [0.15, 0.2) is 0 Å². The standard InChI is InChI=1S/C14H20N2O2/c1-4-14(2,16)10-18-9-11-5-6-12(8-15)13(7-11)17-3/h5-7H,4,9-10,16H2,1-3H3. The Kier molecular flexibility index (Phi) is 5.14. The number of nitriles is 1. The molecule has 1 unspecified atom stereocenters. The zero-order valence-electron chi connectivity index (χ0n) is 11.2. The summed E-state index contributed by atoms with van der Waals surface area (Å²) >= 11 is 0. The molecule has 0 saturated carbocycles. The molecule has 1 aromatic carbocycles. The van der Waals surface area contributed by atoms with E-state index in [0.29, 0.717) is 24.5 Å². The number of ether oxygens (including phenoxy) is 2. The highest BCUT2D eigenvalue weighted by molar-refractivity contribution is 5.45. The summed E-state index contributed by atoms with van der Waals surface area (Å²) in [6.07, 6.45) is 0.865. The molecule has 0 bridgehead atoms. The zero-order valence-corrected chi connectivity index (χ0v) is 11.2. The molecule has 4 nitrogen and oxygen atoms in total. The first-order valence-corrected chi connectivity index (χ1v) is 5.96. The summed E-state index contributed by atoms with van der Waals surface area (Å²) in [5, 5.41) is 8.88. The summed E-state index contributed by atoms with van der Waals surface area (Å²) in [5.74, 6) is 0.574. The van der Waals surface area contributed by atoms with Gasteiger partial charge in [-0.3, -0.25) is 0 Å². The van der Waals surface area contributed by atoms with Gasteiger partial charge >= 0.3 is 0 Å². The van der Waals surface area contributed by atoms with Gasteiger partial charge in [-0.2, -0.15) is 5.26 Å². The molecule has 0 aliphatic carbocycles. The number of nitrogens with zero attached hydrogens (tertiary/aromatic N) is 1. The van der Waals surface area contributed by atoms with Crippen molar-refractivity contribution in [3.63, 3.8) is 0 Å². The fourth-order valence-corrected chi connectivity index (χ4v) is 1.42. The first kappa shape index (κ1) is 14.5. The van der Waals surface area contributed by atoms with Gasteiger partial charge in [0.2, 0.25) is 0 Å². The third-order valence-corrected chi connectivity index (χ3v) is 2.89. The van der Waals surface area contributed by atoms with Gasteiger partial charge in [-0.1, -0.05) is 13.0 Å². The molecule has 18 heavy (non-hydrogen) atoms. The molecule has 4 heteroatoms. The highest BCUT2D eigenvalue weighted by Gasteiger charge is 2.15. The van der Waals surface area contributed by atoms with Gasteiger partial charge in [-0.05, 0) is 31.0 Å². The van der Waals surface area contributed by atoms with E-state index in [4.69, 9.17) is 20.5 Å². The summed E-state index contributed by atoms with van der Waals surface area (Å²) in [6, 6.07) is 7.49. The predicted molar refractivity (Wildman–Crippen MR) is 70.2 cm³/mol. The number of nitrogens with two attached hydrogens (primary N) is 1. The Bertz CT molecular complexity index is 436. The first-order valence-electron chi connectivity index (χ1n) is 5.96. The molecule has 0 spiro atoms. The third kappa shape index (κ3) is 4.02. The third-order valence-electron chi connectivity index (χ3n) is 2.89. The second kappa shape index (κ2) is 6.39. The van der Waals surface area contributed by atoms with Crippen LogP contribution in [0.5, 0.6) is 5.75 Å². The van der Waals surface area contributed by atoms with Gasteiger partial charge in [-0.25, -0.2) is 0 Å². The smallest absolute Gasteiger partial charge is 0.136 e. The number of hydrogen-bond donors (Lipinski definition) is 1. The lowest BCUT2D eigenvalue weighted by atomic mass is 10.0. The molecular formula is C14H20N2O2. The minimum absolute atomic E-state index is 0.295. The van der Waals surface area contributed by atoms with E-state index < -0.39 is 0 Å². The molecule has 0 amide bonds. The second-order valence-electron chi connectivity index (χ2n) is 4.65. The lowest BCUT2D eigenvalue weighted by molar-refractivity contribution is 0.0776. The lowest BCUT2D eigenvalue weighted by Gasteiger charge is -2.22. The fraction of sp³-hybridized carbons (Fsp3) is 0.500. The van der Waals surface area contributed by atoms with Crippen molar-refractivity contribution in [2.24, 2.45) is 5.73 Å². The average molecular weight is 248 g/mol. The van der Waals surface area contributed by atoms with E-state index >= 15 is 0 Å². The van der Waals surface area contributed by atoms with Crippen molar-refractivity contribution in [2.75, 3.05) is 13.7 Å². The van der Waals surface area contributed by atoms with Crippen molar-refractivity contribution in [2.45, 2.75) is 32.4 Å². The van der Waals surface area contributed by atoms with E-state index in [1.165, 1.54) is 0 Å². The normalized spacial score (nSPS) is 13.7. The fourth-order valence-electron chi connectivity index (χ4n) is 1.42. The molecule has 1 aromatic rings. The van der Waals surface area contributed by atoms with Crippen LogP contribution in [0.1, 0.15) is 31.4 Å². The van der Waals surface area contributed by atoms with Crippen molar-refractivity contribution in [3.05, 3.63) is 29.3 Å². The van der Waals surface area contributed by atoms with E-state index in [2.05, 4.69) is 6.07 Å². The van der Waals surface area contributed by atoms with Crippen LogP contribution in [0.2, 0.25) is 0 Å². The molecule has 0 saturated heterocycles. The van der Waals surface area contributed by atoms with Crippen molar-refractivity contribution in [1.82, 2.24) is 0 Å². The molecule has 1 rings (SSSR count). The quantitative estimate of drug-likeness (QED) is 0.838. The molecule has 0 aliphatic heterocycles. The minimum Gasteiger partial charge on any atom is -0.495 e. The Labute approximate surface area is 108 Å². The molecule has 98 valence electrons. The summed E-state index contributed by atoms with van der Waals surface area (Å²) in [7, 11) is 1.55. The molecule has 0 fully saturated rings. The molecule has 0 radical (unpaired) electrons. The van der Waals surface area contributed by atoms with Crippen LogP contribution in [0.4, 0.5) is 0 Å². The Morgan fingerprint density at radius 2 is 2.17 bits per heavy atom. The lowest BCUT2D eigenvalue weighted by Crippen LogP contribution is -2.40. The minimum atomic E-state index is -0.295. The van der Waals surface area contributed by atoms with Gasteiger partial charge < -0.3 is 15.2 Å². The Hall–Kier alpha value is -1.57. The van der Waals surface area contributed by atoms with Crippen LogP contribution in [0.25, 0.3) is 0 Å². The van der Waals surface area contributed by atoms with Crippen molar-refractivity contribution < 1.29 is 9.47 Å². The first-order chi connectivity index (χ1) is 8.52. The van der Waals surface area contributed by atoms with Crippen LogP contribution in [0, 0.1) is 11.3 Å². The van der Waals surface area contributed by atoms with E-state index in [-0.39, 0.29) is 5.54 Å². The van der Waals surface area contributed by atoms with Gasteiger partial charge in [-0.15, -0.1) is 0 Å². The van der Waals surface area contributed by atoms with Gasteiger partial charge in [0.05, 0.1) is 25.9 Å². The van der Waals surface area contributed by atoms with E-state index in [9.17, 15) is 0 Å². The van der Waals surface area contributed by atoms with E-state index in [1.54, 1.807) is 13.2 Å². The zero-order chi connectivity index (χ0) is 13.6. The molecule has 2 N–H and O–H groups in total. The maximum atomic E-state index is 8.88. The molecule has 0 aromatic heterocycles.